The van der Waals surface area contributed by atoms with Gasteiger partial charge in [0.1, 0.15) is 0 Å². The second-order valence-electron chi connectivity index (χ2n) is 6.00. The van der Waals surface area contributed by atoms with Crippen molar-refractivity contribution in [2.45, 2.75) is 45.2 Å². The number of likely N-dealkylation sites (tertiary alicyclic amines) is 1. The van der Waals surface area contributed by atoms with Crippen LogP contribution in [0.2, 0.25) is 0 Å². The minimum atomic E-state index is -0.00935. The van der Waals surface area contributed by atoms with Crippen molar-refractivity contribution in [1.29, 1.82) is 0 Å². The maximum Gasteiger partial charge on any atom is 0.223 e. The molecule has 1 saturated heterocycles. The van der Waals surface area contributed by atoms with E-state index in [4.69, 9.17) is 5.73 Å². The van der Waals surface area contributed by atoms with Crippen molar-refractivity contribution in [3.8, 4) is 0 Å². The molecule has 0 bridgehead atoms. The number of carbonyl (C=O) groups excluding carboxylic acids is 1. The van der Waals surface area contributed by atoms with Gasteiger partial charge in [0.25, 0.3) is 0 Å². The summed E-state index contributed by atoms with van der Waals surface area (Å²) in [5.74, 6) is 0.676. The Hall–Kier alpha value is -0.870. The van der Waals surface area contributed by atoms with Crippen molar-refractivity contribution >= 4 is 21.8 Å². The lowest BCUT2D eigenvalue weighted by Crippen LogP contribution is -2.43. The molecule has 1 aliphatic heterocycles. The van der Waals surface area contributed by atoms with Gasteiger partial charge in [-0.1, -0.05) is 41.9 Å². The molecule has 1 fully saturated rings. The Balaban J connectivity index is 2.38. The number of nitrogens with two attached hydrogens (primary N) is 1. The van der Waals surface area contributed by atoms with E-state index in [0.29, 0.717) is 12.3 Å². The summed E-state index contributed by atoms with van der Waals surface area (Å²) in [5.41, 5.74) is 7.51. The smallest absolute Gasteiger partial charge is 0.223 e. The lowest BCUT2D eigenvalue weighted by Gasteiger charge is -2.35. The molecule has 110 valence electrons. The minimum Gasteiger partial charge on any atom is -0.334 e. The van der Waals surface area contributed by atoms with Crippen LogP contribution in [-0.4, -0.2) is 23.4 Å². The van der Waals surface area contributed by atoms with Crippen LogP contribution in [0.15, 0.2) is 28.7 Å². The maximum absolute atomic E-state index is 12.4. The fourth-order valence-electron chi connectivity index (χ4n) is 2.90. The predicted molar refractivity (Wildman–Crippen MR) is 85.3 cm³/mol. The molecule has 0 spiro atoms. The highest BCUT2D eigenvalue weighted by atomic mass is 79.9. The molecule has 1 aromatic rings. The topological polar surface area (TPSA) is 46.3 Å². The molecule has 2 atom stereocenters. The summed E-state index contributed by atoms with van der Waals surface area (Å²) in [7, 11) is 0. The van der Waals surface area contributed by atoms with Gasteiger partial charge in [-0.05, 0) is 36.5 Å². The second kappa shape index (κ2) is 6.72. The average molecular weight is 339 g/mol. The van der Waals surface area contributed by atoms with E-state index in [0.717, 1.165) is 29.4 Å². The van der Waals surface area contributed by atoms with E-state index in [-0.39, 0.29) is 18.0 Å². The van der Waals surface area contributed by atoms with Gasteiger partial charge in [0.05, 0.1) is 6.04 Å². The van der Waals surface area contributed by atoms with Crippen molar-refractivity contribution in [3.05, 3.63) is 34.3 Å². The monoisotopic (exact) mass is 338 g/mol. The first-order valence-corrected chi connectivity index (χ1v) is 8.09. The van der Waals surface area contributed by atoms with Crippen molar-refractivity contribution in [3.63, 3.8) is 0 Å². The molecule has 0 aliphatic carbocycles. The molecule has 2 N–H and O–H groups in total. The first-order chi connectivity index (χ1) is 9.49. The Bertz CT molecular complexity index is 475. The summed E-state index contributed by atoms with van der Waals surface area (Å²) in [6.07, 6.45) is 2.40. The summed E-state index contributed by atoms with van der Waals surface area (Å²) >= 11 is 3.51. The van der Waals surface area contributed by atoms with Crippen LogP contribution in [0.5, 0.6) is 0 Å². The zero-order valence-corrected chi connectivity index (χ0v) is 13.8. The van der Waals surface area contributed by atoms with Crippen LogP contribution in [0.25, 0.3) is 0 Å². The third kappa shape index (κ3) is 3.61. The molecule has 1 aromatic carbocycles. The van der Waals surface area contributed by atoms with Crippen LogP contribution in [0, 0.1) is 5.92 Å². The standard InChI is InChI=1S/C16H23BrN2O/c1-11(2)10-19-15(20)8-4-7-14(18)16(19)12-5-3-6-13(17)9-12/h3,5-6,9,11,14,16H,4,7-8,10,18H2,1-2H3. The SMILES string of the molecule is CC(C)CN1C(=O)CCCC(N)C1c1cccc(Br)c1. The van der Waals surface area contributed by atoms with Crippen molar-refractivity contribution in [1.82, 2.24) is 4.90 Å². The highest BCUT2D eigenvalue weighted by molar-refractivity contribution is 9.10. The molecule has 2 rings (SSSR count). The number of halogens is 1. The number of carbonyl (C=O) groups is 1. The lowest BCUT2D eigenvalue weighted by molar-refractivity contribution is -0.133. The van der Waals surface area contributed by atoms with E-state index in [1.54, 1.807) is 0 Å². The Labute approximate surface area is 129 Å². The summed E-state index contributed by atoms with van der Waals surface area (Å²) in [6, 6.07) is 8.16. The van der Waals surface area contributed by atoms with E-state index >= 15 is 0 Å². The molecule has 1 amide bonds. The van der Waals surface area contributed by atoms with Crippen LogP contribution in [-0.2, 0) is 4.79 Å². The Morgan fingerprint density at radius 2 is 2.20 bits per heavy atom. The summed E-state index contributed by atoms with van der Waals surface area (Å²) in [6.45, 7) is 5.05. The first kappa shape index (κ1) is 15.5. The number of nitrogens with zero attached hydrogens (tertiary/aromatic N) is 1. The van der Waals surface area contributed by atoms with E-state index in [1.807, 2.05) is 17.0 Å². The molecule has 3 nitrogen and oxygen atoms in total. The van der Waals surface area contributed by atoms with Crippen molar-refractivity contribution in [2.24, 2.45) is 11.7 Å². The molecule has 0 radical (unpaired) electrons. The molecule has 2 unspecified atom stereocenters. The predicted octanol–water partition coefficient (Wildman–Crippen LogP) is 3.49. The quantitative estimate of drug-likeness (QED) is 0.916. The highest BCUT2D eigenvalue weighted by Crippen LogP contribution is 2.32. The van der Waals surface area contributed by atoms with Gasteiger partial charge < -0.3 is 10.6 Å². The molecule has 4 heteroatoms. The highest BCUT2D eigenvalue weighted by Gasteiger charge is 2.33. The number of benzene rings is 1. The van der Waals surface area contributed by atoms with Gasteiger partial charge in [-0.15, -0.1) is 0 Å². The number of hydrogen-bond acceptors (Lipinski definition) is 2. The van der Waals surface area contributed by atoms with E-state index in [1.165, 1.54) is 0 Å². The van der Waals surface area contributed by atoms with Gasteiger partial charge in [0.2, 0.25) is 5.91 Å². The third-order valence-electron chi connectivity index (χ3n) is 3.74. The van der Waals surface area contributed by atoms with Gasteiger partial charge in [-0.25, -0.2) is 0 Å². The fraction of sp³-hybridized carbons (Fsp3) is 0.562. The fourth-order valence-corrected chi connectivity index (χ4v) is 3.32. The van der Waals surface area contributed by atoms with E-state index < -0.39 is 0 Å². The summed E-state index contributed by atoms with van der Waals surface area (Å²) < 4.78 is 1.03. The number of rotatable bonds is 3. The Morgan fingerprint density at radius 3 is 2.85 bits per heavy atom. The van der Waals surface area contributed by atoms with Gasteiger partial charge >= 0.3 is 0 Å². The zero-order chi connectivity index (χ0) is 14.7. The molecule has 1 aliphatic rings. The number of hydrogen-bond donors (Lipinski definition) is 1. The largest absolute Gasteiger partial charge is 0.334 e. The molecular weight excluding hydrogens is 316 g/mol. The van der Waals surface area contributed by atoms with Crippen LogP contribution in [0.1, 0.15) is 44.7 Å². The molecule has 1 heterocycles. The average Bonchev–Trinajstić information content (AvgIpc) is 2.49. The van der Waals surface area contributed by atoms with E-state index in [2.05, 4.69) is 41.9 Å². The maximum atomic E-state index is 12.4. The number of amides is 1. The van der Waals surface area contributed by atoms with E-state index in [9.17, 15) is 4.79 Å². The normalized spacial score (nSPS) is 24.1. The summed E-state index contributed by atoms with van der Waals surface area (Å²) in [4.78, 5) is 14.4. The van der Waals surface area contributed by atoms with Crippen LogP contribution < -0.4 is 5.73 Å². The Morgan fingerprint density at radius 1 is 1.45 bits per heavy atom. The zero-order valence-electron chi connectivity index (χ0n) is 12.2. The van der Waals surface area contributed by atoms with Gasteiger partial charge in [0.15, 0.2) is 0 Å². The lowest BCUT2D eigenvalue weighted by atomic mass is 9.95. The molecule has 0 saturated carbocycles. The van der Waals surface area contributed by atoms with Crippen LogP contribution in [0.4, 0.5) is 0 Å². The van der Waals surface area contributed by atoms with Crippen molar-refractivity contribution < 1.29 is 4.79 Å². The molecule has 20 heavy (non-hydrogen) atoms. The van der Waals surface area contributed by atoms with Gasteiger partial charge in [-0.3, -0.25) is 4.79 Å². The third-order valence-corrected chi connectivity index (χ3v) is 4.24. The minimum absolute atomic E-state index is 0.00880. The van der Waals surface area contributed by atoms with Crippen molar-refractivity contribution in [2.75, 3.05) is 6.54 Å². The van der Waals surface area contributed by atoms with Gasteiger partial charge in [-0.2, -0.15) is 0 Å². The summed E-state index contributed by atoms with van der Waals surface area (Å²) in [5, 5.41) is 0. The molecular formula is C16H23BrN2O. The molecule has 0 aromatic heterocycles. The second-order valence-corrected chi connectivity index (χ2v) is 6.91. The van der Waals surface area contributed by atoms with Crippen LogP contribution >= 0.6 is 15.9 Å². The first-order valence-electron chi connectivity index (χ1n) is 7.29. The van der Waals surface area contributed by atoms with Gasteiger partial charge in [0, 0.05) is 23.5 Å². The van der Waals surface area contributed by atoms with Crippen LogP contribution in [0.3, 0.4) is 0 Å². The Kier molecular flexibility index (Phi) is 5.22.